The van der Waals surface area contributed by atoms with Crippen LogP contribution in [0.25, 0.3) is 39.9 Å². The zero-order chi connectivity index (χ0) is 24.2. The molecule has 0 radical (unpaired) electrons. The van der Waals surface area contributed by atoms with Gasteiger partial charge in [0.2, 0.25) is 0 Å². The molecule has 0 fully saturated rings. The van der Waals surface area contributed by atoms with Gasteiger partial charge in [-0.15, -0.1) is 11.3 Å². The average Bonchev–Trinajstić information content (AvgIpc) is 3.56. The van der Waals surface area contributed by atoms with Crippen LogP contribution in [-0.4, -0.2) is 21.9 Å². The number of halogens is 1. The van der Waals surface area contributed by atoms with Crippen LogP contribution in [0.1, 0.15) is 10.6 Å². The summed E-state index contributed by atoms with van der Waals surface area (Å²) in [5, 5.41) is 18.1. The molecule has 0 bridgehead atoms. The normalized spacial score (nSPS) is 11.3. The van der Waals surface area contributed by atoms with Crippen molar-refractivity contribution in [2.24, 2.45) is 0 Å². The van der Waals surface area contributed by atoms with E-state index in [2.05, 4.69) is 6.07 Å². The van der Waals surface area contributed by atoms with Gasteiger partial charge in [-0.3, -0.25) is 0 Å². The number of nitrogens with zero attached hydrogens (tertiary/aromatic N) is 4. The maximum atomic E-state index is 10.00. The first-order chi connectivity index (χ1) is 17.1. The van der Waals surface area contributed by atoms with Gasteiger partial charge >= 0.3 is 0 Å². The highest BCUT2D eigenvalue weighted by atomic mass is 35.5. The second kappa shape index (κ2) is 9.98. The van der Waals surface area contributed by atoms with E-state index in [1.165, 1.54) is 11.3 Å². The SMILES string of the molecule is COc1ccc(-c2nn(-c3ccccc3)cc2/C=C(/C#N)c2nc(-c3ccc(Cl)cc3)cs2)cc1. The van der Waals surface area contributed by atoms with Crippen molar-refractivity contribution in [2.75, 3.05) is 7.11 Å². The van der Waals surface area contributed by atoms with Gasteiger partial charge in [0.1, 0.15) is 16.8 Å². The summed E-state index contributed by atoms with van der Waals surface area (Å²) < 4.78 is 7.12. The molecule has 0 aliphatic carbocycles. The molecule has 0 saturated heterocycles. The van der Waals surface area contributed by atoms with Crippen molar-refractivity contribution < 1.29 is 4.74 Å². The molecule has 0 aliphatic heterocycles. The Morgan fingerprint density at radius 1 is 1.00 bits per heavy atom. The number of hydrogen-bond acceptors (Lipinski definition) is 5. The minimum absolute atomic E-state index is 0.470. The number of thiazole rings is 1. The van der Waals surface area contributed by atoms with E-state index in [0.717, 1.165) is 39.5 Å². The molecule has 5 aromatic rings. The lowest BCUT2D eigenvalue weighted by Crippen LogP contribution is -1.94. The van der Waals surface area contributed by atoms with Crippen LogP contribution in [-0.2, 0) is 0 Å². The van der Waals surface area contributed by atoms with Gasteiger partial charge in [0.05, 0.1) is 29.8 Å². The number of ether oxygens (including phenoxy) is 1. The molecule has 2 aromatic heterocycles. The molecular weight excluding hydrogens is 476 g/mol. The summed E-state index contributed by atoms with van der Waals surface area (Å²) in [4.78, 5) is 4.71. The number of hydrogen-bond donors (Lipinski definition) is 0. The fourth-order valence-electron chi connectivity index (χ4n) is 3.63. The molecular formula is C28H19ClN4OS. The highest BCUT2D eigenvalue weighted by Gasteiger charge is 2.15. The predicted octanol–water partition coefficient (Wildman–Crippen LogP) is 7.39. The summed E-state index contributed by atoms with van der Waals surface area (Å²) in [6, 6.07) is 27.4. The predicted molar refractivity (Wildman–Crippen MR) is 142 cm³/mol. The zero-order valence-electron chi connectivity index (χ0n) is 18.7. The molecule has 3 aromatic carbocycles. The smallest absolute Gasteiger partial charge is 0.134 e. The second-order valence-corrected chi connectivity index (χ2v) is 8.95. The van der Waals surface area contributed by atoms with Crippen LogP contribution < -0.4 is 4.74 Å². The lowest BCUT2D eigenvalue weighted by Gasteiger charge is -2.03. The molecule has 7 heteroatoms. The second-order valence-electron chi connectivity index (χ2n) is 7.66. The number of allylic oxidation sites excluding steroid dienone is 1. The third-order valence-electron chi connectivity index (χ3n) is 5.42. The molecule has 0 atom stereocenters. The fourth-order valence-corrected chi connectivity index (χ4v) is 4.55. The summed E-state index contributed by atoms with van der Waals surface area (Å²) in [5.41, 5.74) is 5.66. The zero-order valence-corrected chi connectivity index (χ0v) is 20.3. The Labute approximate surface area is 212 Å². The fraction of sp³-hybridized carbons (Fsp3) is 0.0357. The van der Waals surface area contributed by atoms with Crippen molar-refractivity contribution in [1.82, 2.24) is 14.8 Å². The first-order valence-corrected chi connectivity index (χ1v) is 12.0. The van der Waals surface area contributed by atoms with Crippen LogP contribution in [0, 0.1) is 11.3 Å². The van der Waals surface area contributed by atoms with Crippen LogP contribution in [0.4, 0.5) is 0 Å². The quantitative estimate of drug-likeness (QED) is 0.231. The first kappa shape index (κ1) is 22.6. The molecule has 2 heterocycles. The Hall–Kier alpha value is -4.18. The van der Waals surface area contributed by atoms with Crippen molar-refractivity contribution in [3.05, 3.63) is 106 Å². The Balaban J connectivity index is 1.58. The number of rotatable bonds is 6. The lowest BCUT2D eigenvalue weighted by atomic mass is 10.1. The topological polar surface area (TPSA) is 63.7 Å². The van der Waals surface area contributed by atoms with Crippen LogP contribution in [0.3, 0.4) is 0 Å². The van der Waals surface area contributed by atoms with Crippen molar-refractivity contribution in [2.45, 2.75) is 0 Å². The maximum absolute atomic E-state index is 10.00. The molecule has 170 valence electrons. The van der Waals surface area contributed by atoms with Crippen molar-refractivity contribution >= 4 is 34.6 Å². The van der Waals surface area contributed by atoms with Crippen molar-refractivity contribution in [1.29, 1.82) is 5.26 Å². The summed E-state index contributed by atoms with van der Waals surface area (Å²) in [7, 11) is 1.64. The number of nitriles is 1. The Bertz CT molecular complexity index is 1530. The maximum Gasteiger partial charge on any atom is 0.134 e. The van der Waals surface area contributed by atoms with Gasteiger partial charge < -0.3 is 4.74 Å². The summed E-state index contributed by atoms with van der Waals surface area (Å²) >= 11 is 7.44. The summed E-state index contributed by atoms with van der Waals surface area (Å²) in [6.07, 6.45) is 3.77. The number of methoxy groups -OCH3 is 1. The Morgan fingerprint density at radius 3 is 2.40 bits per heavy atom. The molecule has 0 spiro atoms. The monoisotopic (exact) mass is 494 g/mol. The van der Waals surface area contributed by atoms with Gasteiger partial charge in [-0.2, -0.15) is 10.4 Å². The van der Waals surface area contributed by atoms with E-state index < -0.39 is 0 Å². The van der Waals surface area contributed by atoms with E-state index >= 15 is 0 Å². The Morgan fingerprint density at radius 2 is 1.71 bits per heavy atom. The number of aromatic nitrogens is 3. The van der Waals surface area contributed by atoms with E-state index in [1.54, 1.807) is 7.11 Å². The van der Waals surface area contributed by atoms with Gasteiger partial charge in [0.25, 0.3) is 0 Å². The summed E-state index contributed by atoms with van der Waals surface area (Å²) in [5.74, 6) is 0.767. The minimum Gasteiger partial charge on any atom is -0.497 e. The molecule has 5 nitrogen and oxygen atoms in total. The van der Waals surface area contributed by atoms with Gasteiger partial charge in [0, 0.05) is 33.3 Å². The van der Waals surface area contributed by atoms with Crippen LogP contribution >= 0.6 is 22.9 Å². The van der Waals surface area contributed by atoms with Crippen molar-refractivity contribution in [3.63, 3.8) is 0 Å². The molecule has 0 amide bonds. The summed E-state index contributed by atoms with van der Waals surface area (Å²) in [6.45, 7) is 0. The highest BCUT2D eigenvalue weighted by molar-refractivity contribution is 7.11. The molecule has 35 heavy (non-hydrogen) atoms. The van der Waals surface area contributed by atoms with Gasteiger partial charge in [-0.25, -0.2) is 9.67 Å². The van der Waals surface area contributed by atoms with Crippen LogP contribution in [0.5, 0.6) is 5.75 Å². The lowest BCUT2D eigenvalue weighted by molar-refractivity contribution is 0.415. The molecule has 5 rings (SSSR count). The Kier molecular flexibility index (Phi) is 6.44. The molecule has 0 aliphatic rings. The minimum atomic E-state index is 0.470. The highest BCUT2D eigenvalue weighted by Crippen LogP contribution is 2.31. The third kappa shape index (κ3) is 4.87. The van der Waals surface area contributed by atoms with Crippen LogP contribution in [0.15, 0.2) is 90.4 Å². The average molecular weight is 495 g/mol. The van der Waals surface area contributed by atoms with E-state index in [-0.39, 0.29) is 0 Å². The van der Waals surface area contributed by atoms with E-state index in [9.17, 15) is 5.26 Å². The third-order valence-corrected chi connectivity index (χ3v) is 6.55. The van der Waals surface area contributed by atoms with E-state index in [0.29, 0.717) is 15.6 Å². The van der Waals surface area contributed by atoms with Gasteiger partial charge in [-0.1, -0.05) is 41.9 Å². The molecule has 0 N–H and O–H groups in total. The standard InChI is InChI=1S/C28H19ClN4OS/c1-34-25-13-9-20(10-14-25)27-22(17-33(32-27)24-5-3-2-4-6-24)15-21(16-30)28-31-26(18-35-28)19-7-11-23(29)12-8-19/h2-15,17-18H,1H3/b21-15-. The van der Waals surface area contributed by atoms with Crippen molar-refractivity contribution in [3.8, 4) is 40.0 Å². The van der Waals surface area contributed by atoms with E-state index in [4.69, 9.17) is 26.4 Å². The van der Waals surface area contributed by atoms with Gasteiger partial charge in [-0.05, 0) is 54.6 Å². The van der Waals surface area contributed by atoms with Crippen LogP contribution in [0.2, 0.25) is 5.02 Å². The number of benzene rings is 3. The van der Waals surface area contributed by atoms with E-state index in [1.807, 2.05) is 101 Å². The van der Waals surface area contributed by atoms with Gasteiger partial charge in [0.15, 0.2) is 0 Å². The number of para-hydroxylation sites is 1. The largest absolute Gasteiger partial charge is 0.497 e. The first-order valence-electron chi connectivity index (χ1n) is 10.8. The molecule has 0 unspecified atom stereocenters. The molecule has 0 saturated carbocycles.